The number of methoxy groups -OCH3 is 1. The first-order valence-corrected chi connectivity index (χ1v) is 8.83. The van der Waals surface area contributed by atoms with Gasteiger partial charge in [-0.15, -0.1) is 0 Å². The van der Waals surface area contributed by atoms with Crippen LogP contribution in [-0.2, 0) is 9.53 Å². The number of nitrogens with one attached hydrogen (secondary N) is 1. The molecule has 2 aliphatic heterocycles. The molecule has 0 aromatic carbocycles. The molecule has 3 nitrogen and oxygen atoms in total. The molecule has 3 rings (SSSR count). The maximum absolute atomic E-state index is 12.3. The Kier molecular flexibility index (Phi) is 4.54. The van der Waals surface area contributed by atoms with Gasteiger partial charge >= 0.3 is 5.97 Å². The molecule has 0 spiro atoms. The number of esters is 1. The highest BCUT2D eigenvalue weighted by molar-refractivity contribution is 14.1. The minimum atomic E-state index is -0.0965. The third-order valence-corrected chi connectivity index (χ3v) is 6.02. The highest BCUT2D eigenvalue weighted by atomic mass is 127. The summed E-state index contributed by atoms with van der Waals surface area (Å²) in [5, 5.41) is 3.58. The second-order valence-electron chi connectivity index (χ2n) is 6.10. The first kappa shape index (κ1) is 15.3. The summed E-state index contributed by atoms with van der Waals surface area (Å²) in [5.74, 6) is -0.176. The number of rotatable bonds is 2. The predicted molar refractivity (Wildman–Crippen MR) is 92.2 cm³/mol. The van der Waals surface area contributed by atoms with Gasteiger partial charge in [0.15, 0.2) is 0 Å². The van der Waals surface area contributed by atoms with E-state index in [1.54, 1.807) is 0 Å². The van der Waals surface area contributed by atoms with Crippen molar-refractivity contribution in [1.29, 1.82) is 0 Å². The molecule has 2 fully saturated rings. The molecule has 1 aliphatic carbocycles. The monoisotopic (exact) mass is 399 g/mol. The van der Waals surface area contributed by atoms with Gasteiger partial charge in [-0.3, -0.25) is 4.79 Å². The molecule has 3 aliphatic rings. The van der Waals surface area contributed by atoms with Crippen molar-refractivity contribution >= 4 is 28.6 Å². The van der Waals surface area contributed by atoms with Gasteiger partial charge in [0, 0.05) is 18.5 Å². The number of allylic oxidation sites excluding steroid dienone is 5. The lowest BCUT2D eigenvalue weighted by Gasteiger charge is -2.33. The first-order chi connectivity index (χ1) is 10.1. The van der Waals surface area contributed by atoms with Crippen LogP contribution in [0.2, 0.25) is 0 Å². The van der Waals surface area contributed by atoms with Crippen molar-refractivity contribution in [3.63, 3.8) is 0 Å². The molecule has 0 saturated carbocycles. The van der Waals surface area contributed by atoms with Crippen LogP contribution in [0.5, 0.6) is 0 Å². The molecule has 2 bridgehead atoms. The van der Waals surface area contributed by atoms with E-state index in [9.17, 15) is 4.79 Å². The molecule has 0 aromatic heterocycles. The van der Waals surface area contributed by atoms with E-state index in [1.165, 1.54) is 33.8 Å². The predicted octanol–water partition coefficient (Wildman–Crippen LogP) is 3.66. The molecule has 2 heterocycles. The fourth-order valence-electron chi connectivity index (χ4n) is 3.84. The summed E-state index contributed by atoms with van der Waals surface area (Å²) >= 11 is 2.45. The van der Waals surface area contributed by atoms with Crippen LogP contribution in [-0.4, -0.2) is 25.2 Å². The number of halogens is 1. The number of hydrogen-bond donors (Lipinski definition) is 1. The molecule has 4 heteroatoms. The maximum atomic E-state index is 12.3. The van der Waals surface area contributed by atoms with E-state index in [-0.39, 0.29) is 17.9 Å². The Morgan fingerprint density at radius 2 is 2.24 bits per heavy atom. The maximum Gasteiger partial charge on any atom is 0.314 e. The second-order valence-corrected chi connectivity index (χ2v) is 7.40. The quantitative estimate of drug-likeness (QED) is 0.569. The van der Waals surface area contributed by atoms with Gasteiger partial charge in [0.2, 0.25) is 0 Å². The minimum absolute atomic E-state index is 0.0796. The zero-order valence-corrected chi connectivity index (χ0v) is 14.8. The van der Waals surface area contributed by atoms with Crippen molar-refractivity contribution in [2.45, 2.75) is 51.1 Å². The summed E-state index contributed by atoms with van der Waals surface area (Å²) in [7, 11) is 1.50. The van der Waals surface area contributed by atoms with E-state index in [0.29, 0.717) is 6.04 Å². The average Bonchev–Trinajstić information content (AvgIpc) is 2.87. The number of hydrogen-bond acceptors (Lipinski definition) is 3. The van der Waals surface area contributed by atoms with Crippen LogP contribution in [0.15, 0.2) is 32.5 Å². The summed E-state index contributed by atoms with van der Waals surface area (Å²) in [6.45, 7) is 2.19. The van der Waals surface area contributed by atoms with Crippen LogP contribution in [0.25, 0.3) is 0 Å². The second kappa shape index (κ2) is 6.24. The number of carbonyl (C=O) groups is 1. The van der Waals surface area contributed by atoms with Crippen molar-refractivity contribution < 1.29 is 9.53 Å². The highest BCUT2D eigenvalue weighted by Gasteiger charge is 2.43. The number of fused-ring (bicyclic) bond motifs is 2. The molecular formula is C17H22INO2. The molecule has 21 heavy (non-hydrogen) atoms. The molecule has 114 valence electrons. The summed E-state index contributed by atoms with van der Waals surface area (Å²) < 4.78 is 6.49. The average molecular weight is 399 g/mol. The highest BCUT2D eigenvalue weighted by Crippen LogP contribution is 2.41. The van der Waals surface area contributed by atoms with Crippen LogP contribution in [0, 0.1) is 5.92 Å². The summed E-state index contributed by atoms with van der Waals surface area (Å²) in [4.78, 5) is 12.3. The van der Waals surface area contributed by atoms with E-state index in [1.807, 2.05) is 0 Å². The van der Waals surface area contributed by atoms with Crippen LogP contribution in [0.1, 0.15) is 39.0 Å². The molecular weight excluding hydrogens is 377 g/mol. The van der Waals surface area contributed by atoms with Crippen LogP contribution >= 0.6 is 22.6 Å². The topological polar surface area (TPSA) is 38.3 Å². The molecule has 0 radical (unpaired) electrons. The smallest absolute Gasteiger partial charge is 0.314 e. The molecule has 1 N–H and O–H groups in total. The number of piperidine rings is 1. The van der Waals surface area contributed by atoms with Crippen molar-refractivity contribution in [2.24, 2.45) is 5.92 Å². The Labute approximate surface area is 140 Å². The van der Waals surface area contributed by atoms with E-state index in [0.717, 1.165) is 25.7 Å². The van der Waals surface area contributed by atoms with Gasteiger partial charge in [0.05, 0.1) is 13.0 Å². The molecule has 3 unspecified atom stereocenters. The van der Waals surface area contributed by atoms with Crippen molar-refractivity contribution in [3.05, 3.63) is 32.5 Å². The Hall–Kier alpha value is -0.620. The third kappa shape index (κ3) is 2.84. The Morgan fingerprint density at radius 1 is 1.43 bits per heavy atom. The van der Waals surface area contributed by atoms with Crippen LogP contribution < -0.4 is 5.32 Å². The van der Waals surface area contributed by atoms with Gasteiger partial charge in [0.25, 0.3) is 0 Å². The third-order valence-electron chi connectivity index (χ3n) is 4.95. The zero-order chi connectivity index (χ0) is 15.0. The fourth-order valence-corrected chi connectivity index (χ4v) is 4.81. The molecule has 3 atom stereocenters. The van der Waals surface area contributed by atoms with E-state index < -0.39 is 0 Å². The van der Waals surface area contributed by atoms with Gasteiger partial charge < -0.3 is 10.1 Å². The summed E-state index contributed by atoms with van der Waals surface area (Å²) in [5.41, 5.74) is 4.07. The summed E-state index contributed by atoms with van der Waals surface area (Å²) in [6, 6.07) is 0.808. The van der Waals surface area contributed by atoms with E-state index in [4.69, 9.17) is 4.74 Å². The van der Waals surface area contributed by atoms with Gasteiger partial charge in [-0.25, -0.2) is 0 Å². The van der Waals surface area contributed by atoms with Crippen molar-refractivity contribution in [3.8, 4) is 0 Å². The minimum Gasteiger partial charge on any atom is -0.469 e. The van der Waals surface area contributed by atoms with E-state index >= 15 is 0 Å². The fraction of sp³-hybridized carbons (Fsp3) is 0.588. The van der Waals surface area contributed by atoms with Gasteiger partial charge in [0.1, 0.15) is 0 Å². The Balaban J connectivity index is 1.96. The van der Waals surface area contributed by atoms with Gasteiger partial charge in [-0.05, 0) is 68.6 Å². The number of ether oxygens (including phenoxy) is 1. The normalized spacial score (nSPS) is 35.3. The lowest BCUT2D eigenvalue weighted by atomic mass is 9.81. The van der Waals surface area contributed by atoms with Gasteiger partial charge in [-0.1, -0.05) is 19.1 Å². The van der Waals surface area contributed by atoms with E-state index in [2.05, 4.69) is 47.0 Å². The number of carbonyl (C=O) groups excluding carboxylic acids is 1. The summed E-state index contributed by atoms with van der Waals surface area (Å²) in [6.07, 6.45) is 9.75. The first-order valence-electron chi connectivity index (χ1n) is 7.75. The zero-order valence-electron chi connectivity index (χ0n) is 12.6. The van der Waals surface area contributed by atoms with Crippen LogP contribution in [0.3, 0.4) is 0 Å². The molecule has 2 saturated heterocycles. The van der Waals surface area contributed by atoms with Crippen LogP contribution in [0.4, 0.5) is 0 Å². The standard InChI is InChI=1S/C17H22INO2/c1-3-10-4-5-11(8-14(10)18)13-9-12-6-7-15(19-12)16(13)17(20)21-2/h4-5,12,15-16,19H,3,6-9H2,1-2H3/b13-11+. The largest absolute Gasteiger partial charge is 0.469 e. The van der Waals surface area contributed by atoms with Crippen molar-refractivity contribution in [1.82, 2.24) is 5.32 Å². The molecule has 0 amide bonds. The van der Waals surface area contributed by atoms with Crippen molar-refractivity contribution in [2.75, 3.05) is 7.11 Å². The molecule has 0 aromatic rings. The lowest BCUT2D eigenvalue weighted by molar-refractivity contribution is -0.145. The Morgan fingerprint density at radius 3 is 2.90 bits per heavy atom. The SMILES string of the molecule is CCC1=C(I)C/C(=C2\CC3CCC(N3)C2C(=O)OC)C=C1. The van der Waals surface area contributed by atoms with Gasteiger partial charge in [-0.2, -0.15) is 0 Å². The Bertz CT molecular complexity index is 547. The lowest BCUT2D eigenvalue weighted by Crippen LogP contribution is -2.45.